The van der Waals surface area contributed by atoms with E-state index in [1.807, 2.05) is 0 Å². The Balaban J connectivity index is 1.96. The SMILES string of the molecule is CC1CCCC(C2CC(C)CCC2CNC(C)(C)C)C1. The van der Waals surface area contributed by atoms with Crippen molar-refractivity contribution in [2.75, 3.05) is 6.54 Å². The Morgan fingerprint density at radius 3 is 2.25 bits per heavy atom. The van der Waals surface area contributed by atoms with E-state index in [1.165, 1.54) is 51.5 Å². The number of hydrogen-bond donors (Lipinski definition) is 1. The molecule has 2 aliphatic rings. The fourth-order valence-corrected chi connectivity index (χ4v) is 4.63. The van der Waals surface area contributed by atoms with Crippen molar-refractivity contribution in [3.8, 4) is 0 Å². The molecular weight excluding hydrogens is 242 g/mol. The highest BCUT2D eigenvalue weighted by Gasteiger charge is 2.36. The quantitative estimate of drug-likeness (QED) is 0.743. The topological polar surface area (TPSA) is 12.0 Å². The molecule has 0 amide bonds. The molecule has 2 rings (SSSR count). The fourth-order valence-electron chi connectivity index (χ4n) is 4.63. The maximum atomic E-state index is 3.79. The lowest BCUT2D eigenvalue weighted by Gasteiger charge is -2.43. The minimum Gasteiger partial charge on any atom is -0.312 e. The summed E-state index contributed by atoms with van der Waals surface area (Å²) in [5, 5.41) is 3.79. The van der Waals surface area contributed by atoms with Crippen LogP contribution in [0.1, 0.15) is 79.6 Å². The molecule has 0 radical (unpaired) electrons. The summed E-state index contributed by atoms with van der Waals surface area (Å²) in [4.78, 5) is 0. The molecule has 0 aromatic carbocycles. The zero-order chi connectivity index (χ0) is 14.8. The van der Waals surface area contributed by atoms with Crippen LogP contribution in [0.3, 0.4) is 0 Å². The van der Waals surface area contributed by atoms with Gasteiger partial charge in [0.05, 0.1) is 0 Å². The van der Waals surface area contributed by atoms with Crippen LogP contribution >= 0.6 is 0 Å². The lowest BCUT2D eigenvalue weighted by molar-refractivity contribution is 0.0831. The Bertz CT molecular complexity index is 291. The Labute approximate surface area is 127 Å². The predicted octanol–water partition coefficient (Wildman–Crippen LogP) is 5.25. The van der Waals surface area contributed by atoms with Gasteiger partial charge in [-0.05, 0) is 76.2 Å². The van der Waals surface area contributed by atoms with Crippen molar-refractivity contribution in [2.45, 2.75) is 85.1 Å². The summed E-state index contributed by atoms with van der Waals surface area (Å²) in [6.45, 7) is 13.1. The third kappa shape index (κ3) is 4.76. The molecule has 1 nitrogen and oxygen atoms in total. The van der Waals surface area contributed by atoms with E-state index in [4.69, 9.17) is 0 Å². The first-order chi connectivity index (χ1) is 9.35. The lowest BCUT2D eigenvalue weighted by Crippen LogP contribution is -2.44. The second-order valence-corrected chi connectivity index (χ2v) is 9.00. The Morgan fingerprint density at radius 1 is 0.900 bits per heavy atom. The van der Waals surface area contributed by atoms with Crippen LogP contribution in [0.25, 0.3) is 0 Å². The fraction of sp³-hybridized carbons (Fsp3) is 1.00. The van der Waals surface area contributed by atoms with Gasteiger partial charge in [-0.15, -0.1) is 0 Å². The minimum absolute atomic E-state index is 0.271. The largest absolute Gasteiger partial charge is 0.312 e. The maximum absolute atomic E-state index is 3.79. The van der Waals surface area contributed by atoms with Crippen molar-refractivity contribution < 1.29 is 0 Å². The molecule has 0 aromatic rings. The molecule has 2 aliphatic carbocycles. The normalized spacial score (nSPS) is 39.8. The van der Waals surface area contributed by atoms with Gasteiger partial charge in [0.15, 0.2) is 0 Å². The summed E-state index contributed by atoms with van der Waals surface area (Å²) < 4.78 is 0. The number of rotatable bonds is 3. The van der Waals surface area contributed by atoms with Crippen LogP contribution in [0.2, 0.25) is 0 Å². The molecule has 5 atom stereocenters. The van der Waals surface area contributed by atoms with Crippen LogP contribution in [0, 0.1) is 29.6 Å². The van der Waals surface area contributed by atoms with E-state index in [2.05, 4.69) is 39.9 Å². The third-order valence-corrected chi connectivity index (χ3v) is 5.79. The van der Waals surface area contributed by atoms with Crippen molar-refractivity contribution in [1.82, 2.24) is 5.32 Å². The van der Waals surface area contributed by atoms with Crippen molar-refractivity contribution in [1.29, 1.82) is 0 Å². The predicted molar refractivity (Wildman–Crippen MR) is 88.9 cm³/mol. The molecule has 1 N–H and O–H groups in total. The van der Waals surface area contributed by atoms with Crippen molar-refractivity contribution in [3.05, 3.63) is 0 Å². The van der Waals surface area contributed by atoms with Crippen LogP contribution in [0.4, 0.5) is 0 Å². The van der Waals surface area contributed by atoms with Crippen molar-refractivity contribution in [3.63, 3.8) is 0 Å². The van der Waals surface area contributed by atoms with Crippen LogP contribution in [0.15, 0.2) is 0 Å². The summed E-state index contributed by atoms with van der Waals surface area (Å²) in [6, 6.07) is 0. The average molecular weight is 280 g/mol. The van der Waals surface area contributed by atoms with E-state index in [1.54, 1.807) is 0 Å². The molecule has 1 heteroatoms. The van der Waals surface area contributed by atoms with Gasteiger partial charge in [-0.1, -0.05) is 39.5 Å². The second-order valence-electron chi connectivity index (χ2n) is 9.00. The Kier molecular flexibility index (Phi) is 5.56. The molecule has 0 saturated heterocycles. The molecule has 118 valence electrons. The summed E-state index contributed by atoms with van der Waals surface area (Å²) in [7, 11) is 0. The Morgan fingerprint density at radius 2 is 1.60 bits per heavy atom. The van der Waals surface area contributed by atoms with E-state index in [-0.39, 0.29) is 5.54 Å². The van der Waals surface area contributed by atoms with E-state index >= 15 is 0 Å². The van der Waals surface area contributed by atoms with Crippen LogP contribution in [0.5, 0.6) is 0 Å². The highest BCUT2D eigenvalue weighted by molar-refractivity contribution is 4.88. The van der Waals surface area contributed by atoms with E-state index in [9.17, 15) is 0 Å². The molecular formula is C19H37N. The average Bonchev–Trinajstić information content (AvgIpc) is 2.36. The van der Waals surface area contributed by atoms with Crippen LogP contribution < -0.4 is 5.32 Å². The molecule has 0 spiro atoms. The zero-order valence-corrected chi connectivity index (χ0v) is 14.5. The standard InChI is InChI=1S/C19H37N/c1-14-7-6-8-16(11-14)18-12-15(2)9-10-17(18)13-20-19(3,4)5/h14-18,20H,6-13H2,1-5H3. The van der Waals surface area contributed by atoms with Crippen LogP contribution in [-0.4, -0.2) is 12.1 Å². The highest BCUT2D eigenvalue weighted by Crippen LogP contribution is 2.44. The first-order valence-corrected chi connectivity index (χ1v) is 9.10. The molecule has 20 heavy (non-hydrogen) atoms. The molecule has 0 bridgehead atoms. The smallest absolute Gasteiger partial charge is 0.00966 e. The summed E-state index contributed by atoms with van der Waals surface area (Å²) >= 11 is 0. The van der Waals surface area contributed by atoms with Crippen molar-refractivity contribution in [2.24, 2.45) is 29.6 Å². The minimum atomic E-state index is 0.271. The molecule has 0 aromatic heterocycles. The summed E-state index contributed by atoms with van der Waals surface area (Å²) in [6.07, 6.45) is 10.4. The van der Waals surface area contributed by atoms with E-state index in [0.29, 0.717) is 0 Å². The lowest BCUT2D eigenvalue weighted by atomic mass is 9.64. The van der Waals surface area contributed by atoms with E-state index < -0.39 is 0 Å². The van der Waals surface area contributed by atoms with E-state index in [0.717, 1.165) is 29.6 Å². The highest BCUT2D eigenvalue weighted by atomic mass is 14.9. The molecule has 5 unspecified atom stereocenters. The molecule has 2 saturated carbocycles. The summed E-state index contributed by atoms with van der Waals surface area (Å²) in [5.74, 6) is 4.88. The zero-order valence-electron chi connectivity index (χ0n) is 14.5. The van der Waals surface area contributed by atoms with Crippen molar-refractivity contribution >= 4 is 0 Å². The van der Waals surface area contributed by atoms with Crippen LogP contribution in [-0.2, 0) is 0 Å². The molecule has 2 fully saturated rings. The third-order valence-electron chi connectivity index (χ3n) is 5.79. The Hall–Kier alpha value is -0.0400. The first kappa shape index (κ1) is 16.3. The number of hydrogen-bond acceptors (Lipinski definition) is 1. The van der Waals surface area contributed by atoms with Gasteiger partial charge in [0.25, 0.3) is 0 Å². The number of nitrogens with one attached hydrogen (secondary N) is 1. The maximum Gasteiger partial charge on any atom is 0.00966 e. The van der Waals surface area contributed by atoms with Gasteiger partial charge in [-0.25, -0.2) is 0 Å². The van der Waals surface area contributed by atoms with Gasteiger partial charge >= 0.3 is 0 Å². The van der Waals surface area contributed by atoms with Gasteiger partial charge in [-0.2, -0.15) is 0 Å². The van der Waals surface area contributed by atoms with Gasteiger partial charge in [-0.3, -0.25) is 0 Å². The van der Waals surface area contributed by atoms with Gasteiger partial charge < -0.3 is 5.32 Å². The van der Waals surface area contributed by atoms with Gasteiger partial charge in [0.1, 0.15) is 0 Å². The summed E-state index contributed by atoms with van der Waals surface area (Å²) in [5.41, 5.74) is 0.271. The van der Waals surface area contributed by atoms with Gasteiger partial charge in [0, 0.05) is 5.54 Å². The first-order valence-electron chi connectivity index (χ1n) is 9.10. The van der Waals surface area contributed by atoms with Gasteiger partial charge in [0.2, 0.25) is 0 Å². The molecule has 0 heterocycles. The second kappa shape index (κ2) is 6.81. The molecule has 0 aliphatic heterocycles. The monoisotopic (exact) mass is 279 g/mol.